The minimum absolute atomic E-state index is 0.0669. The van der Waals surface area contributed by atoms with Crippen molar-refractivity contribution >= 4 is 19.8 Å². The lowest BCUT2D eigenvalue weighted by atomic mass is 9.84. The van der Waals surface area contributed by atoms with Crippen LogP contribution in [0.4, 0.5) is 0 Å². The summed E-state index contributed by atoms with van der Waals surface area (Å²) >= 11 is 0. The van der Waals surface area contributed by atoms with Crippen molar-refractivity contribution in [2.24, 2.45) is 17.8 Å². The van der Waals surface area contributed by atoms with Gasteiger partial charge in [0, 0.05) is 26.2 Å². The molecular formula is C26H34O5Si. The number of carbonyl (C=O) groups is 2. The zero-order valence-corrected chi connectivity index (χ0v) is 20.3. The lowest BCUT2D eigenvalue weighted by Crippen LogP contribution is -2.33. The highest BCUT2D eigenvalue weighted by atomic mass is 28.3. The number of benzene rings is 2. The van der Waals surface area contributed by atoms with E-state index in [4.69, 9.17) is 9.47 Å². The quantitative estimate of drug-likeness (QED) is 0.312. The standard InChI is InChI=1S/C26H34O5Si/c1-32(2,3)16-15-30-26(29)24-21(17-27)11-14-23(24)25(28)20-9-12-22(13-10-20)31-18-19-7-5-4-6-8-19/h4-10,12-13,21,23-24,27H,11,14-18H2,1-3H3/t21-,23-,24-/m1/s1. The third-order valence-electron chi connectivity index (χ3n) is 6.12. The molecule has 2 aromatic carbocycles. The summed E-state index contributed by atoms with van der Waals surface area (Å²) in [6.07, 6.45) is 1.24. The number of ketones is 1. The number of rotatable bonds is 10. The summed E-state index contributed by atoms with van der Waals surface area (Å²) in [5.74, 6) is -0.987. The minimum Gasteiger partial charge on any atom is -0.489 e. The average Bonchev–Trinajstić information content (AvgIpc) is 3.21. The Labute approximate surface area is 191 Å². The third-order valence-corrected chi connectivity index (χ3v) is 7.82. The van der Waals surface area contributed by atoms with Crippen LogP contribution in [0.15, 0.2) is 54.6 Å². The molecule has 0 heterocycles. The summed E-state index contributed by atoms with van der Waals surface area (Å²) in [5.41, 5.74) is 1.63. The van der Waals surface area contributed by atoms with Crippen molar-refractivity contribution in [2.45, 2.75) is 45.1 Å². The maximum Gasteiger partial charge on any atom is 0.310 e. The monoisotopic (exact) mass is 454 g/mol. The van der Waals surface area contributed by atoms with E-state index in [1.165, 1.54) is 0 Å². The molecule has 3 atom stereocenters. The lowest BCUT2D eigenvalue weighted by Gasteiger charge is -2.23. The zero-order chi connectivity index (χ0) is 23.1. The highest BCUT2D eigenvalue weighted by molar-refractivity contribution is 6.76. The van der Waals surface area contributed by atoms with Gasteiger partial charge in [-0.25, -0.2) is 0 Å². The Hall–Kier alpha value is -2.44. The first kappa shape index (κ1) is 24.2. The Balaban J connectivity index is 1.63. The van der Waals surface area contributed by atoms with Gasteiger partial charge in [0.05, 0.1) is 12.5 Å². The fourth-order valence-electron chi connectivity index (χ4n) is 4.16. The van der Waals surface area contributed by atoms with Gasteiger partial charge >= 0.3 is 5.97 Å². The topological polar surface area (TPSA) is 72.8 Å². The Morgan fingerprint density at radius 1 is 1.00 bits per heavy atom. The van der Waals surface area contributed by atoms with Crippen LogP contribution >= 0.6 is 0 Å². The Bertz CT molecular complexity index is 889. The molecule has 1 saturated carbocycles. The predicted molar refractivity (Wildman–Crippen MR) is 127 cm³/mol. The first-order valence-corrected chi connectivity index (χ1v) is 15.1. The van der Waals surface area contributed by atoms with Crippen LogP contribution in [0, 0.1) is 17.8 Å². The van der Waals surface area contributed by atoms with E-state index < -0.39 is 19.9 Å². The van der Waals surface area contributed by atoms with E-state index in [1.807, 2.05) is 30.3 Å². The van der Waals surface area contributed by atoms with Crippen LogP contribution in [0.2, 0.25) is 25.7 Å². The van der Waals surface area contributed by atoms with Crippen molar-refractivity contribution in [1.82, 2.24) is 0 Å². The number of aliphatic hydroxyl groups is 1. The summed E-state index contributed by atoms with van der Waals surface area (Å²) < 4.78 is 11.4. The highest BCUT2D eigenvalue weighted by Crippen LogP contribution is 2.40. The molecule has 0 aliphatic heterocycles. The molecule has 0 saturated heterocycles. The number of hydrogen-bond donors (Lipinski definition) is 1. The van der Waals surface area contributed by atoms with E-state index in [0.29, 0.717) is 37.4 Å². The van der Waals surface area contributed by atoms with Crippen molar-refractivity contribution in [2.75, 3.05) is 13.2 Å². The molecule has 0 spiro atoms. The van der Waals surface area contributed by atoms with Crippen LogP contribution in [0.5, 0.6) is 5.75 Å². The third kappa shape index (κ3) is 6.53. The Morgan fingerprint density at radius 2 is 1.69 bits per heavy atom. The molecule has 1 N–H and O–H groups in total. The van der Waals surface area contributed by atoms with E-state index in [-0.39, 0.29) is 24.3 Å². The molecule has 0 amide bonds. The van der Waals surface area contributed by atoms with Gasteiger partial charge in [0.25, 0.3) is 0 Å². The van der Waals surface area contributed by atoms with Gasteiger partial charge < -0.3 is 14.6 Å². The lowest BCUT2D eigenvalue weighted by molar-refractivity contribution is -0.150. The van der Waals surface area contributed by atoms with Crippen molar-refractivity contribution in [3.8, 4) is 5.75 Å². The molecular weight excluding hydrogens is 420 g/mol. The molecule has 0 unspecified atom stereocenters. The van der Waals surface area contributed by atoms with Crippen LogP contribution in [-0.4, -0.2) is 38.1 Å². The summed E-state index contributed by atoms with van der Waals surface area (Å²) in [6, 6.07) is 17.9. The van der Waals surface area contributed by atoms with E-state index in [9.17, 15) is 14.7 Å². The number of aliphatic hydroxyl groups excluding tert-OH is 1. The number of esters is 1. The smallest absolute Gasteiger partial charge is 0.310 e. The van der Waals surface area contributed by atoms with Gasteiger partial charge in [0.15, 0.2) is 5.78 Å². The van der Waals surface area contributed by atoms with Gasteiger partial charge in [-0.15, -0.1) is 0 Å². The Kier molecular flexibility index (Phi) is 8.26. The van der Waals surface area contributed by atoms with Crippen LogP contribution in [-0.2, 0) is 16.1 Å². The van der Waals surface area contributed by atoms with Gasteiger partial charge in [0.2, 0.25) is 0 Å². The fourth-order valence-corrected chi connectivity index (χ4v) is 4.88. The first-order valence-electron chi connectivity index (χ1n) is 11.4. The predicted octanol–water partition coefficient (Wildman–Crippen LogP) is 4.96. The molecule has 0 bridgehead atoms. The summed E-state index contributed by atoms with van der Waals surface area (Å²) in [7, 11) is -1.32. The second kappa shape index (κ2) is 10.9. The average molecular weight is 455 g/mol. The van der Waals surface area contributed by atoms with Gasteiger partial charge in [0.1, 0.15) is 12.4 Å². The fraction of sp³-hybridized carbons (Fsp3) is 0.462. The van der Waals surface area contributed by atoms with Crippen molar-refractivity contribution < 1.29 is 24.2 Å². The maximum atomic E-state index is 13.2. The molecule has 2 aromatic rings. The molecule has 1 aliphatic rings. The second-order valence-corrected chi connectivity index (χ2v) is 15.4. The highest BCUT2D eigenvalue weighted by Gasteiger charge is 2.45. The van der Waals surface area contributed by atoms with Crippen molar-refractivity contribution in [3.63, 3.8) is 0 Å². The summed E-state index contributed by atoms with van der Waals surface area (Å²) in [6.45, 7) is 7.42. The number of hydrogen-bond acceptors (Lipinski definition) is 5. The van der Waals surface area contributed by atoms with Gasteiger partial charge in [-0.2, -0.15) is 0 Å². The van der Waals surface area contributed by atoms with Crippen LogP contribution in [0.25, 0.3) is 0 Å². The van der Waals surface area contributed by atoms with Gasteiger partial charge in [-0.05, 0) is 54.6 Å². The van der Waals surface area contributed by atoms with Crippen LogP contribution in [0.1, 0.15) is 28.8 Å². The number of Topliss-reactive ketones (excluding diaryl/α,β-unsaturated/α-hetero) is 1. The molecule has 3 rings (SSSR count). The van der Waals surface area contributed by atoms with E-state index >= 15 is 0 Å². The largest absolute Gasteiger partial charge is 0.489 e. The molecule has 5 nitrogen and oxygen atoms in total. The Morgan fingerprint density at radius 3 is 2.31 bits per heavy atom. The molecule has 172 valence electrons. The molecule has 0 aromatic heterocycles. The summed E-state index contributed by atoms with van der Waals surface area (Å²) in [4.78, 5) is 26.1. The van der Waals surface area contributed by atoms with Crippen LogP contribution in [0.3, 0.4) is 0 Å². The van der Waals surface area contributed by atoms with E-state index in [0.717, 1.165) is 11.6 Å². The maximum absolute atomic E-state index is 13.2. The summed E-state index contributed by atoms with van der Waals surface area (Å²) in [5, 5.41) is 9.77. The number of carbonyl (C=O) groups excluding carboxylic acids is 2. The molecule has 6 heteroatoms. The van der Waals surface area contributed by atoms with E-state index in [2.05, 4.69) is 19.6 Å². The minimum atomic E-state index is -1.32. The normalized spacial score (nSPS) is 20.7. The zero-order valence-electron chi connectivity index (χ0n) is 19.3. The molecule has 0 radical (unpaired) electrons. The molecule has 1 fully saturated rings. The molecule has 1 aliphatic carbocycles. The first-order chi connectivity index (χ1) is 15.3. The van der Waals surface area contributed by atoms with Crippen LogP contribution < -0.4 is 4.74 Å². The SMILES string of the molecule is C[Si](C)(C)CCOC(=O)[C@@H]1[C@@H](CO)CC[C@H]1C(=O)c1ccc(OCc2ccccc2)cc1. The van der Waals surface area contributed by atoms with E-state index in [1.54, 1.807) is 24.3 Å². The van der Waals surface area contributed by atoms with Gasteiger partial charge in [-0.1, -0.05) is 50.0 Å². The van der Waals surface area contributed by atoms with Crippen molar-refractivity contribution in [3.05, 3.63) is 65.7 Å². The van der Waals surface area contributed by atoms with Gasteiger partial charge in [-0.3, -0.25) is 9.59 Å². The van der Waals surface area contributed by atoms with Crippen molar-refractivity contribution in [1.29, 1.82) is 0 Å². The number of ether oxygens (including phenoxy) is 2. The molecule has 32 heavy (non-hydrogen) atoms. The second-order valence-electron chi connectivity index (χ2n) is 9.79.